The van der Waals surface area contributed by atoms with E-state index < -0.39 is 6.10 Å². The zero-order chi connectivity index (χ0) is 12.3. The number of hydrogen-bond acceptors (Lipinski definition) is 5. The highest BCUT2D eigenvalue weighted by Crippen LogP contribution is 2.16. The predicted molar refractivity (Wildman–Crippen MR) is 62.9 cm³/mol. The second kappa shape index (κ2) is 5.42. The van der Waals surface area contributed by atoms with Crippen LogP contribution in [0.2, 0.25) is 0 Å². The molecule has 1 unspecified atom stereocenters. The summed E-state index contributed by atoms with van der Waals surface area (Å²) in [5, 5.41) is 21.1. The van der Waals surface area contributed by atoms with Crippen molar-refractivity contribution in [2.75, 3.05) is 13.2 Å². The summed E-state index contributed by atoms with van der Waals surface area (Å²) in [5.41, 5.74) is 0.829. The lowest BCUT2D eigenvalue weighted by Crippen LogP contribution is -2.26. The van der Waals surface area contributed by atoms with Gasteiger partial charge in [0.1, 0.15) is 12.7 Å². The van der Waals surface area contributed by atoms with E-state index in [1.807, 2.05) is 11.4 Å². The Labute approximate surface area is 103 Å². The average molecular weight is 255 g/mol. The third-order valence-electron chi connectivity index (χ3n) is 2.29. The van der Waals surface area contributed by atoms with Crippen LogP contribution in [0.3, 0.4) is 0 Å². The fourth-order valence-electron chi connectivity index (χ4n) is 1.43. The molecule has 1 saturated heterocycles. The fourth-order valence-corrected chi connectivity index (χ4v) is 2.22. The Balaban J connectivity index is 1.93. The first-order valence-corrected chi connectivity index (χ1v) is 6.06. The van der Waals surface area contributed by atoms with E-state index >= 15 is 0 Å². The Morgan fingerprint density at radius 2 is 2.53 bits per heavy atom. The highest BCUT2D eigenvalue weighted by molar-refractivity contribution is 7.11. The SMILES string of the molecule is O=C(C=Cc1cc(CO)cs1)N1CC(O)CO1. The first-order valence-electron chi connectivity index (χ1n) is 5.18. The third-order valence-corrected chi connectivity index (χ3v) is 3.24. The molecular formula is C11H13NO4S. The molecule has 0 aliphatic carbocycles. The Morgan fingerprint density at radius 3 is 3.12 bits per heavy atom. The van der Waals surface area contributed by atoms with Gasteiger partial charge < -0.3 is 10.2 Å². The van der Waals surface area contributed by atoms with Crippen LogP contribution in [0, 0.1) is 0 Å². The van der Waals surface area contributed by atoms with Gasteiger partial charge >= 0.3 is 0 Å². The Hall–Kier alpha value is -1.21. The minimum Gasteiger partial charge on any atom is -0.392 e. The first kappa shape index (κ1) is 12.3. The van der Waals surface area contributed by atoms with Crippen molar-refractivity contribution in [2.24, 2.45) is 0 Å². The van der Waals surface area contributed by atoms with Crippen molar-refractivity contribution in [1.29, 1.82) is 0 Å². The Bertz CT molecular complexity index is 429. The predicted octanol–water partition coefficient (Wildman–Crippen LogP) is 0.388. The molecule has 17 heavy (non-hydrogen) atoms. The molecule has 1 amide bonds. The number of aliphatic hydroxyl groups is 2. The maximum Gasteiger partial charge on any atom is 0.270 e. The molecule has 2 rings (SSSR count). The molecule has 5 nitrogen and oxygen atoms in total. The van der Waals surface area contributed by atoms with E-state index in [4.69, 9.17) is 9.94 Å². The van der Waals surface area contributed by atoms with Crippen LogP contribution in [-0.2, 0) is 16.2 Å². The molecular weight excluding hydrogens is 242 g/mol. The summed E-state index contributed by atoms with van der Waals surface area (Å²) >= 11 is 1.45. The first-order chi connectivity index (χ1) is 8.19. The number of aliphatic hydroxyl groups excluding tert-OH is 2. The van der Waals surface area contributed by atoms with E-state index in [2.05, 4.69) is 0 Å². The van der Waals surface area contributed by atoms with Gasteiger partial charge in [-0.2, -0.15) is 0 Å². The van der Waals surface area contributed by atoms with E-state index in [9.17, 15) is 9.90 Å². The van der Waals surface area contributed by atoms with Crippen molar-refractivity contribution in [1.82, 2.24) is 5.06 Å². The number of carbonyl (C=O) groups excluding carboxylic acids is 1. The second-order valence-electron chi connectivity index (χ2n) is 3.70. The van der Waals surface area contributed by atoms with Crippen LogP contribution in [-0.4, -0.2) is 40.4 Å². The highest BCUT2D eigenvalue weighted by atomic mass is 32.1. The average Bonchev–Trinajstić information content (AvgIpc) is 2.94. The van der Waals surface area contributed by atoms with Gasteiger partial charge in [0.05, 0.1) is 13.2 Å². The van der Waals surface area contributed by atoms with Crippen LogP contribution in [0.5, 0.6) is 0 Å². The third kappa shape index (κ3) is 3.13. The van der Waals surface area contributed by atoms with Gasteiger partial charge in [0.15, 0.2) is 0 Å². The van der Waals surface area contributed by atoms with Gasteiger partial charge in [-0.15, -0.1) is 11.3 Å². The number of β-amino-alcohol motifs (C(OH)–C–C–N with tert-alkyl or cyclic N) is 1. The van der Waals surface area contributed by atoms with Crippen LogP contribution >= 0.6 is 11.3 Å². The summed E-state index contributed by atoms with van der Waals surface area (Å²) in [5.74, 6) is -0.291. The molecule has 1 aliphatic rings. The molecule has 1 fully saturated rings. The van der Waals surface area contributed by atoms with Crippen LogP contribution < -0.4 is 0 Å². The monoisotopic (exact) mass is 255 g/mol. The molecule has 92 valence electrons. The van der Waals surface area contributed by atoms with Crippen LogP contribution in [0.1, 0.15) is 10.4 Å². The number of nitrogens with zero attached hydrogens (tertiary/aromatic N) is 1. The van der Waals surface area contributed by atoms with Crippen LogP contribution in [0.25, 0.3) is 6.08 Å². The van der Waals surface area contributed by atoms with Crippen molar-refractivity contribution < 1.29 is 19.8 Å². The van der Waals surface area contributed by atoms with Crippen molar-refractivity contribution >= 4 is 23.3 Å². The molecule has 1 atom stereocenters. The standard InChI is InChI=1S/C11H13NO4S/c13-5-8-3-10(17-7-8)1-2-11(15)12-4-9(14)6-16-12/h1-3,7,9,13-14H,4-6H2. The Morgan fingerprint density at radius 1 is 1.71 bits per heavy atom. The lowest BCUT2D eigenvalue weighted by atomic mass is 10.3. The zero-order valence-corrected chi connectivity index (χ0v) is 9.89. The minimum atomic E-state index is -0.602. The maximum absolute atomic E-state index is 11.6. The molecule has 1 aliphatic heterocycles. The van der Waals surface area contributed by atoms with Gasteiger partial charge in [0.2, 0.25) is 0 Å². The van der Waals surface area contributed by atoms with Gasteiger partial charge in [-0.25, -0.2) is 5.06 Å². The molecule has 0 spiro atoms. The second-order valence-corrected chi connectivity index (χ2v) is 4.64. The molecule has 0 saturated carbocycles. The zero-order valence-electron chi connectivity index (χ0n) is 9.07. The molecule has 0 aromatic carbocycles. The number of amides is 1. The van der Waals surface area contributed by atoms with Crippen LogP contribution in [0.4, 0.5) is 0 Å². The molecule has 0 radical (unpaired) electrons. The van der Waals surface area contributed by atoms with Crippen molar-refractivity contribution in [3.63, 3.8) is 0 Å². The molecule has 6 heteroatoms. The smallest absolute Gasteiger partial charge is 0.270 e. The lowest BCUT2D eigenvalue weighted by molar-refractivity contribution is -0.162. The summed E-state index contributed by atoms with van der Waals surface area (Å²) in [4.78, 5) is 17.5. The van der Waals surface area contributed by atoms with Gasteiger partial charge in [-0.05, 0) is 23.1 Å². The van der Waals surface area contributed by atoms with Gasteiger partial charge in [-0.3, -0.25) is 9.63 Å². The largest absolute Gasteiger partial charge is 0.392 e. The molecule has 2 heterocycles. The van der Waals surface area contributed by atoms with Crippen molar-refractivity contribution in [3.05, 3.63) is 28.0 Å². The normalized spacial score (nSPS) is 20.4. The van der Waals surface area contributed by atoms with E-state index in [0.717, 1.165) is 15.5 Å². The van der Waals surface area contributed by atoms with Gasteiger partial charge in [-0.1, -0.05) is 0 Å². The lowest BCUT2D eigenvalue weighted by Gasteiger charge is -2.09. The van der Waals surface area contributed by atoms with Gasteiger partial charge in [0.25, 0.3) is 5.91 Å². The number of carbonyl (C=O) groups is 1. The molecule has 2 N–H and O–H groups in total. The molecule has 1 aromatic rings. The summed E-state index contributed by atoms with van der Waals surface area (Å²) in [6.07, 6.45) is 2.46. The number of hydroxylamine groups is 2. The quantitative estimate of drug-likeness (QED) is 0.766. The van der Waals surface area contributed by atoms with Crippen LogP contribution in [0.15, 0.2) is 17.5 Å². The number of rotatable bonds is 3. The summed E-state index contributed by atoms with van der Waals surface area (Å²) < 4.78 is 0. The van der Waals surface area contributed by atoms with E-state index in [0.29, 0.717) is 0 Å². The highest BCUT2D eigenvalue weighted by Gasteiger charge is 2.24. The topological polar surface area (TPSA) is 70.0 Å². The van der Waals surface area contributed by atoms with E-state index in [1.54, 1.807) is 6.08 Å². The minimum absolute atomic E-state index is 0.000283. The maximum atomic E-state index is 11.6. The van der Waals surface area contributed by atoms with Gasteiger partial charge in [0, 0.05) is 11.0 Å². The van der Waals surface area contributed by atoms with E-state index in [1.165, 1.54) is 17.4 Å². The van der Waals surface area contributed by atoms with E-state index in [-0.39, 0.29) is 25.7 Å². The Kier molecular flexibility index (Phi) is 3.90. The molecule has 0 bridgehead atoms. The van der Waals surface area contributed by atoms with Crippen molar-refractivity contribution in [3.8, 4) is 0 Å². The summed E-state index contributed by atoms with van der Waals surface area (Å²) in [6.45, 7) is 0.364. The van der Waals surface area contributed by atoms with Crippen molar-refractivity contribution in [2.45, 2.75) is 12.7 Å². The number of hydrogen-bond donors (Lipinski definition) is 2. The summed E-state index contributed by atoms with van der Waals surface area (Å²) in [6, 6.07) is 1.81. The number of thiophene rings is 1. The summed E-state index contributed by atoms with van der Waals surface area (Å²) in [7, 11) is 0. The fraction of sp³-hybridized carbons (Fsp3) is 0.364. The molecule has 1 aromatic heterocycles.